The molecule has 0 fully saturated rings. The van der Waals surface area contributed by atoms with Crippen molar-refractivity contribution >= 4 is 5.97 Å². The van der Waals surface area contributed by atoms with Crippen molar-refractivity contribution < 1.29 is 14.3 Å². The number of aryl methyl sites for hydroxylation is 1. The van der Waals surface area contributed by atoms with E-state index in [9.17, 15) is 4.79 Å². The zero-order valence-electron chi connectivity index (χ0n) is 12.2. The van der Waals surface area contributed by atoms with Crippen molar-refractivity contribution in [2.24, 2.45) is 0 Å². The summed E-state index contributed by atoms with van der Waals surface area (Å²) in [6.07, 6.45) is 3.04. The minimum atomic E-state index is -0.388. The number of rotatable bonds is 5. The second-order valence-electron chi connectivity index (χ2n) is 4.58. The average molecular weight is 282 g/mol. The van der Waals surface area contributed by atoms with Gasteiger partial charge < -0.3 is 9.47 Å². The van der Waals surface area contributed by atoms with Crippen LogP contribution in [0.15, 0.2) is 60.7 Å². The number of carbonyl (C=O) groups is 1. The van der Waals surface area contributed by atoms with Crippen LogP contribution in [0.5, 0.6) is 11.5 Å². The number of carbonyl (C=O) groups excluding carboxylic acids is 1. The molecule has 2 aromatic carbocycles. The van der Waals surface area contributed by atoms with E-state index in [-0.39, 0.29) is 5.97 Å². The number of para-hydroxylation sites is 2. The molecule has 0 aliphatic rings. The number of esters is 1. The van der Waals surface area contributed by atoms with Gasteiger partial charge in [-0.2, -0.15) is 0 Å². The number of ether oxygens (including phenoxy) is 2. The third-order valence-corrected chi connectivity index (χ3v) is 2.96. The SMILES string of the molecule is C/C=C/C(=O)Oc1ccccc1COc1ccccc1C. The molecular weight excluding hydrogens is 264 g/mol. The fourth-order valence-corrected chi connectivity index (χ4v) is 1.87. The van der Waals surface area contributed by atoms with Crippen LogP contribution in [-0.4, -0.2) is 5.97 Å². The standard InChI is InChI=1S/C18H18O3/c1-3-8-18(19)21-17-12-7-5-10-15(17)13-20-16-11-6-4-9-14(16)2/h3-12H,13H2,1-2H3/b8-3+. The third-order valence-electron chi connectivity index (χ3n) is 2.96. The molecule has 0 aromatic heterocycles. The number of hydrogen-bond acceptors (Lipinski definition) is 3. The monoisotopic (exact) mass is 282 g/mol. The minimum absolute atomic E-state index is 0.351. The van der Waals surface area contributed by atoms with Gasteiger partial charge in [-0.25, -0.2) is 4.79 Å². The molecule has 2 aromatic rings. The Kier molecular flexibility index (Phi) is 5.16. The Balaban J connectivity index is 2.10. The van der Waals surface area contributed by atoms with E-state index in [2.05, 4.69) is 0 Å². The first-order chi connectivity index (χ1) is 10.2. The Morgan fingerprint density at radius 2 is 1.71 bits per heavy atom. The Bertz CT molecular complexity index is 644. The summed E-state index contributed by atoms with van der Waals surface area (Å²) in [5.41, 5.74) is 1.90. The van der Waals surface area contributed by atoms with E-state index in [1.165, 1.54) is 6.08 Å². The molecule has 0 heterocycles. The summed E-state index contributed by atoms with van der Waals surface area (Å²) in [4.78, 5) is 11.5. The van der Waals surface area contributed by atoms with Crippen LogP contribution in [-0.2, 0) is 11.4 Å². The van der Waals surface area contributed by atoms with Crippen LogP contribution in [0.2, 0.25) is 0 Å². The molecule has 0 radical (unpaired) electrons. The van der Waals surface area contributed by atoms with E-state index < -0.39 is 0 Å². The molecule has 0 amide bonds. The lowest BCUT2D eigenvalue weighted by molar-refractivity contribution is -0.129. The largest absolute Gasteiger partial charge is 0.488 e. The molecule has 0 spiro atoms. The first-order valence-electron chi connectivity index (χ1n) is 6.81. The van der Waals surface area contributed by atoms with Gasteiger partial charge in [0.15, 0.2) is 0 Å². The second kappa shape index (κ2) is 7.29. The molecular formula is C18H18O3. The third kappa shape index (κ3) is 4.21. The Labute approximate surface area is 124 Å². The minimum Gasteiger partial charge on any atom is -0.488 e. The number of hydrogen-bond donors (Lipinski definition) is 0. The fraction of sp³-hybridized carbons (Fsp3) is 0.167. The predicted molar refractivity (Wildman–Crippen MR) is 82.4 cm³/mol. The van der Waals surface area contributed by atoms with Crippen LogP contribution in [0.3, 0.4) is 0 Å². The Hall–Kier alpha value is -2.55. The van der Waals surface area contributed by atoms with Gasteiger partial charge in [0, 0.05) is 11.6 Å². The summed E-state index contributed by atoms with van der Waals surface area (Å²) in [5, 5.41) is 0. The van der Waals surface area contributed by atoms with Crippen molar-refractivity contribution in [2.75, 3.05) is 0 Å². The van der Waals surface area contributed by atoms with E-state index in [0.717, 1.165) is 16.9 Å². The van der Waals surface area contributed by atoms with Gasteiger partial charge in [-0.1, -0.05) is 42.5 Å². The van der Waals surface area contributed by atoms with Crippen molar-refractivity contribution in [1.29, 1.82) is 0 Å². The lowest BCUT2D eigenvalue weighted by atomic mass is 10.2. The fourth-order valence-electron chi connectivity index (χ4n) is 1.87. The number of allylic oxidation sites excluding steroid dienone is 1. The topological polar surface area (TPSA) is 35.5 Å². The summed E-state index contributed by atoms with van der Waals surface area (Å²) in [6, 6.07) is 15.2. The van der Waals surface area contributed by atoms with Crippen LogP contribution in [0.25, 0.3) is 0 Å². The zero-order valence-corrected chi connectivity index (χ0v) is 12.2. The Morgan fingerprint density at radius 3 is 2.43 bits per heavy atom. The van der Waals surface area contributed by atoms with E-state index >= 15 is 0 Å². The molecule has 108 valence electrons. The summed E-state index contributed by atoms with van der Waals surface area (Å²) in [6.45, 7) is 4.12. The van der Waals surface area contributed by atoms with E-state index in [0.29, 0.717) is 12.4 Å². The van der Waals surface area contributed by atoms with Crippen molar-refractivity contribution in [3.8, 4) is 11.5 Å². The molecule has 2 rings (SSSR count). The highest BCUT2D eigenvalue weighted by Gasteiger charge is 2.08. The van der Waals surface area contributed by atoms with Crippen LogP contribution >= 0.6 is 0 Å². The first kappa shape index (κ1) is 14.9. The van der Waals surface area contributed by atoms with Gasteiger partial charge >= 0.3 is 5.97 Å². The molecule has 0 bridgehead atoms. The highest BCUT2D eigenvalue weighted by Crippen LogP contribution is 2.22. The lowest BCUT2D eigenvalue weighted by Gasteiger charge is -2.12. The molecule has 0 aliphatic carbocycles. The maximum Gasteiger partial charge on any atom is 0.335 e. The number of benzene rings is 2. The molecule has 0 saturated carbocycles. The van der Waals surface area contributed by atoms with Crippen molar-refractivity contribution in [2.45, 2.75) is 20.5 Å². The van der Waals surface area contributed by atoms with Gasteiger partial charge in [0.25, 0.3) is 0 Å². The molecule has 0 N–H and O–H groups in total. The van der Waals surface area contributed by atoms with Gasteiger partial charge in [-0.3, -0.25) is 0 Å². The molecule has 0 saturated heterocycles. The summed E-state index contributed by atoms with van der Waals surface area (Å²) in [7, 11) is 0. The van der Waals surface area contributed by atoms with Crippen LogP contribution in [0, 0.1) is 6.92 Å². The predicted octanol–water partition coefficient (Wildman–Crippen LogP) is 4.06. The summed E-state index contributed by atoms with van der Waals surface area (Å²) < 4.78 is 11.1. The molecule has 21 heavy (non-hydrogen) atoms. The van der Waals surface area contributed by atoms with E-state index in [1.807, 2.05) is 49.4 Å². The molecule has 0 aliphatic heterocycles. The van der Waals surface area contributed by atoms with E-state index in [1.54, 1.807) is 19.1 Å². The lowest BCUT2D eigenvalue weighted by Crippen LogP contribution is -2.07. The highest BCUT2D eigenvalue weighted by atomic mass is 16.5. The maximum absolute atomic E-state index is 11.5. The van der Waals surface area contributed by atoms with Gasteiger partial charge in [0.05, 0.1) is 0 Å². The molecule has 0 atom stereocenters. The van der Waals surface area contributed by atoms with Gasteiger partial charge in [0.2, 0.25) is 0 Å². The first-order valence-corrected chi connectivity index (χ1v) is 6.81. The molecule has 0 unspecified atom stereocenters. The van der Waals surface area contributed by atoms with Crippen LogP contribution in [0.1, 0.15) is 18.1 Å². The maximum atomic E-state index is 11.5. The Morgan fingerprint density at radius 1 is 1.05 bits per heavy atom. The van der Waals surface area contributed by atoms with Crippen molar-refractivity contribution in [1.82, 2.24) is 0 Å². The van der Waals surface area contributed by atoms with Crippen LogP contribution < -0.4 is 9.47 Å². The average Bonchev–Trinajstić information content (AvgIpc) is 2.48. The second-order valence-corrected chi connectivity index (χ2v) is 4.58. The molecule has 3 heteroatoms. The normalized spacial score (nSPS) is 10.6. The van der Waals surface area contributed by atoms with Crippen molar-refractivity contribution in [3.05, 3.63) is 71.8 Å². The van der Waals surface area contributed by atoms with Gasteiger partial charge in [0.1, 0.15) is 18.1 Å². The highest BCUT2D eigenvalue weighted by molar-refractivity contribution is 5.84. The molecule has 3 nitrogen and oxygen atoms in total. The smallest absolute Gasteiger partial charge is 0.335 e. The summed E-state index contributed by atoms with van der Waals surface area (Å²) >= 11 is 0. The van der Waals surface area contributed by atoms with Crippen LogP contribution in [0.4, 0.5) is 0 Å². The van der Waals surface area contributed by atoms with Gasteiger partial charge in [-0.05, 0) is 31.5 Å². The quantitative estimate of drug-likeness (QED) is 0.471. The van der Waals surface area contributed by atoms with Crippen molar-refractivity contribution in [3.63, 3.8) is 0 Å². The summed E-state index contributed by atoms with van der Waals surface area (Å²) in [5.74, 6) is 0.960. The zero-order chi connectivity index (χ0) is 15.1. The van der Waals surface area contributed by atoms with Gasteiger partial charge in [-0.15, -0.1) is 0 Å². The van der Waals surface area contributed by atoms with E-state index in [4.69, 9.17) is 9.47 Å².